The Hall–Kier alpha value is -1.69. The summed E-state index contributed by atoms with van der Waals surface area (Å²) in [6, 6.07) is 0.262. The van der Waals surface area contributed by atoms with Crippen LogP contribution >= 0.6 is 0 Å². The highest BCUT2D eigenvalue weighted by Crippen LogP contribution is 2.21. The minimum absolute atomic E-state index is 0.0686. The number of nitrogens with two attached hydrogens (primary N) is 1. The first-order valence-corrected chi connectivity index (χ1v) is 4.72. The Morgan fingerprint density at radius 2 is 2.00 bits per heavy atom. The number of hydrogen-bond acceptors (Lipinski definition) is 6. The lowest BCUT2D eigenvalue weighted by Crippen LogP contribution is -2.36. The molecule has 0 unspecified atom stereocenters. The van der Waals surface area contributed by atoms with Crippen molar-refractivity contribution in [1.82, 2.24) is 9.97 Å². The van der Waals surface area contributed by atoms with Gasteiger partial charge in [-0.05, 0) is 6.92 Å². The highest BCUT2D eigenvalue weighted by molar-refractivity contribution is 5.71. The third-order valence-electron chi connectivity index (χ3n) is 2.21. The maximum absolute atomic E-state index is 11.2. The minimum atomic E-state index is -0.848. The van der Waals surface area contributed by atoms with Crippen molar-refractivity contribution < 1.29 is 14.3 Å². The molecule has 1 rings (SSSR count). The molecule has 1 atom stereocenters. The number of esters is 1. The van der Waals surface area contributed by atoms with E-state index in [1.807, 2.05) is 0 Å². The second-order valence-corrected chi connectivity index (χ2v) is 3.63. The molecule has 0 aliphatic rings. The number of methoxy groups -OCH3 is 2. The SMILES string of the molecule is COC(=O)C[C@](C)(N)c1cnc(OC)nc1. The molecule has 1 aromatic rings. The summed E-state index contributed by atoms with van der Waals surface area (Å²) in [5, 5.41) is 0. The van der Waals surface area contributed by atoms with Crippen molar-refractivity contribution in [1.29, 1.82) is 0 Å². The van der Waals surface area contributed by atoms with Crippen LogP contribution in [0.4, 0.5) is 0 Å². The summed E-state index contributed by atoms with van der Waals surface area (Å²) in [6.07, 6.45) is 3.14. The molecule has 0 aliphatic heterocycles. The van der Waals surface area contributed by atoms with Gasteiger partial charge in [0.1, 0.15) is 0 Å². The zero-order valence-corrected chi connectivity index (χ0v) is 9.56. The van der Waals surface area contributed by atoms with Crippen LogP contribution in [0.2, 0.25) is 0 Å². The molecule has 88 valence electrons. The zero-order valence-electron chi connectivity index (χ0n) is 9.56. The molecule has 0 aromatic carbocycles. The second kappa shape index (κ2) is 4.89. The molecule has 6 nitrogen and oxygen atoms in total. The predicted molar refractivity (Wildman–Crippen MR) is 56.8 cm³/mol. The maximum atomic E-state index is 11.2. The van der Waals surface area contributed by atoms with Gasteiger partial charge < -0.3 is 15.2 Å². The summed E-state index contributed by atoms with van der Waals surface area (Å²) in [6.45, 7) is 1.72. The molecular weight excluding hydrogens is 210 g/mol. The van der Waals surface area contributed by atoms with Gasteiger partial charge in [-0.15, -0.1) is 0 Å². The zero-order chi connectivity index (χ0) is 12.2. The summed E-state index contributed by atoms with van der Waals surface area (Å²) in [5.74, 6) is -0.374. The number of ether oxygens (including phenoxy) is 2. The van der Waals surface area contributed by atoms with E-state index in [0.717, 1.165) is 0 Å². The lowest BCUT2D eigenvalue weighted by Gasteiger charge is -2.22. The Kier molecular flexibility index (Phi) is 3.78. The first kappa shape index (κ1) is 12.4. The lowest BCUT2D eigenvalue weighted by molar-refractivity contribution is -0.141. The van der Waals surface area contributed by atoms with Gasteiger partial charge in [0.05, 0.1) is 26.2 Å². The molecular formula is C10H15N3O3. The number of carbonyl (C=O) groups is 1. The van der Waals surface area contributed by atoms with Crippen molar-refractivity contribution in [3.8, 4) is 6.01 Å². The summed E-state index contributed by atoms with van der Waals surface area (Å²) in [7, 11) is 2.80. The highest BCUT2D eigenvalue weighted by atomic mass is 16.5. The van der Waals surface area contributed by atoms with Crippen molar-refractivity contribution in [3.05, 3.63) is 18.0 Å². The lowest BCUT2D eigenvalue weighted by atomic mass is 9.92. The van der Waals surface area contributed by atoms with E-state index in [1.165, 1.54) is 26.6 Å². The van der Waals surface area contributed by atoms with Crippen LogP contribution in [-0.2, 0) is 15.1 Å². The molecule has 6 heteroatoms. The van der Waals surface area contributed by atoms with Gasteiger partial charge in [-0.25, -0.2) is 9.97 Å². The van der Waals surface area contributed by atoms with Gasteiger partial charge in [0.15, 0.2) is 0 Å². The molecule has 1 aromatic heterocycles. The van der Waals surface area contributed by atoms with Crippen molar-refractivity contribution in [2.24, 2.45) is 5.73 Å². The Balaban J connectivity index is 2.84. The van der Waals surface area contributed by atoms with E-state index in [-0.39, 0.29) is 18.4 Å². The van der Waals surface area contributed by atoms with Gasteiger partial charge in [-0.3, -0.25) is 4.79 Å². The molecule has 0 radical (unpaired) electrons. The van der Waals surface area contributed by atoms with Crippen LogP contribution in [0.5, 0.6) is 6.01 Å². The fourth-order valence-corrected chi connectivity index (χ4v) is 1.19. The summed E-state index contributed by atoms with van der Waals surface area (Å²) >= 11 is 0. The Morgan fingerprint density at radius 1 is 1.44 bits per heavy atom. The predicted octanol–water partition coefficient (Wildman–Crippen LogP) is 0.222. The van der Waals surface area contributed by atoms with Crippen molar-refractivity contribution in [2.75, 3.05) is 14.2 Å². The number of carbonyl (C=O) groups excluding carboxylic acids is 1. The summed E-state index contributed by atoms with van der Waals surface area (Å²) in [4.78, 5) is 19.0. The quantitative estimate of drug-likeness (QED) is 0.738. The Labute approximate surface area is 93.8 Å². The average molecular weight is 225 g/mol. The Bertz CT molecular complexity index is 362. The fraction of sp³-hybridized carbons (Fsp3) is 0.500. The van der Waals surface area contributed by atoms with E-state index < -0.39 is 5.54 Å². The molecule has 1 heterocycles. The normalized spacial score (nSPS) is 14.0. The van der Waals surface area contributed by atoms with Gasteiger partial charge in [0, 0.05) is 18.0 Å². The fourth-order valence-electron chi connectivity index (χ4n) is 1.19. The molecule has 0 bridgehead atoms. The first-order valence-electron chi connectivity index (χ1n) is 4.72. The molecule has 0 spiro atoms. The molecule has 16 heavy (non-hydrogen) atoms. The number of hydrogen-bond donors (Lipinski definition) is 1. The summed E-state index contributed by atoms with van der Waals surface area (Å²) < 4.78 is 9.40. The second-order valence-electron chi connectivity index (χ2n) is 3.63. The van der Waals surface area contributed by atoms with Gasteiger partial charge in [0.25, 0.3) is 0 Å². The monoisotopic (exact) mass is 225 g/mol. The molecule has 0 saturated heterocycles. The van der Waals surface area contributed by atoms with Crippen LogP contribution in [0.3, 0.4) is 0 Å². The maximum Gasteiger partial charge on any atom is 0.316 e. The van der Waals surface area contributed by atoms with Crippen LogP contribution < -0.4 is 10.5 Å². The van der Waals surface area contributed by atoms with Gasteiger partial charge in [0.2, 0.25) is 0 Å². The molecule has 0 aliphatic carbocycles. The highest BCUT2D eigenvalue weighted by Gasteiger charge is 2.26. The van der Waals surface area contributed by atoms with Crippen LogP contribution in [-0.4, -0.2) is 30.2 Å². The van der Waals surface area contributed by atoms with Crippen molar-refractivity contribution in [2.45, 2.75) is 18.9 Å². The smallest absolute Gasteiger partial charge is 0.316 e. The van der Waals surface area contributed by atoms with E-state index in [0.29, 0.717) is 5.56 Å². The van der Waals surface area contributed by atoms with Gasteiger partial charge >= 0.3 is 12.0 Å². The Morgan fingerprint density at radius 3 is 2.44 bits per heavy atom. The number of nitrogens with zero attached hydrogens (tertiary/aromatic N) is 2. The van der Waals surface area contributed by atoms with Crippen LogP contribution in [0, 0.1) is 0 Å². The summed E-state index contributed by atoms with van der Waals surface area (Å²) in [5.41, 5.74) is 5.79. The van der Waals surface area contributed by atoms with Crippen molar-refractivity contribution in [3.63, 3.8) is 0 Å². The van der Waals surface area contributed by atoms with E-state index in [1.54, 1.807) is 6.92 Å². The van der Waals surface area contributed by atoms with E-state index in [4.69, 9.17) is 10.5 Å². The van der Waals surface area contributed by atoms with Crippen LogP contribution in [0.1, 0.15) is 18.9 Å². The van der Waals surface area contributed by atoms with Crippen LogP contribution in [0.25, 0.3) is 0 Å². The molecule has 0 fully saturated rings. The topological polar surface area (TPSA) is 87.3 Å². The van der Waals surface area contributed by atoms with Gasteiger partial charge in [-0.2, -0.15) is 0 Å². The standard InChI is InChI=1S/C10H15N3O3/c1-10(11,4-8(14)15-2)7-5-12-9(16-3)13-6-7/h5-6H,4,11H2,1-3H3/t10-/m0/s1. The molecule has 0 saturated carbocycles. The number of rotatable bonds is 4. The largest absolute Gasteiger partial charge is 0.469 e. The molecule has 0 amide bonds. The third kappa shape index (κ3) is 2.90. The third-order valence-corrected chi connectivity index (χ3v) is 2.21. The van der Waals surface area contributed by atoms with Crippen molar-refractivity contribution >= 4 is 5.97 Å². The number of aromatic nitrogens is 2. The van der Waals surface area contributed by atoms with E-state index >= 15 is 0 Å². The minimum Gasteiger partial charge on any atom is -0.469 e. The average Bonchev–Trinajstić information content (AvgIpc) is 2.28. The van der Waals surface area contributed by atoms with E-state index in [2.05, 4.69) is 14.7 Å². The van der Waals surface area contributed by atoms with E-state index in [9.17, 15) is 4.79 Å². The molecule has 2 N–H and O–H groups in total. The van der Waals surface area contributed by atoms with Gasteiger partial charge in [-0.1, -0.05) is 0 Å². The first-order chi connectivity index (χ1) is 7.49. The van der Waals surface area contributed by atoms with Crippen LogP contribution in [0.15, 0.2) is 12.4 Å².